The summed E-state index contributed by atoms with van der Waals surface area (Å²) in [6.45, 7) is 8.48. The molecule has 3 heteroatoms. The molecule has 6 rings (SSSR count). The number of esters is 1. The predicted octanol–water partition coefficient (Wildman–Crippen LogP) is 6.48. The van der Waals surface area contributed by atoms with Crippen molar-refractivity contribution in [3.63, 3.8) is 0 Å². The van der Waals surface area contributed by atoms with Crippen LogP contribution in [0, 0.1) is 29.6 Å². The molecule has 31 heavy (non-hydrogen) atoms. The molecule has 0 spiro atoms. The van der Waals surface area contributed by atoms with Crippen LogP contribution in [-0.4, -0.2) is 18.2 Å². The normalized spacial score (nSPS) is 32.9. The minimum Gasteiger partial charge on any atom is -0.462 e. The highest BCUT2D eigenvalue weighted by Gasteiger charge is 2.55. The fourth-order valence-corrected chi connectivity index (χ4v) is 6.56. The smallest absolute Gasteiger partial charge is 0.308 e. The second-order valence-electron chi connectivity index (χ2n) is 10.8. The molecule has 0 aliphatic heterocycles. The predicted molar refractivity (Wildman–Crippen MR) is 124 cm³/mol. The second-order valence-corrected chi connectivity index (χ2v) is 10.8. The summed E-state index contributed by atoms with van der Waals surface area (Å²) in [7, 11) is 0. The van der Waals surface area contributed by atoms with E-state index in [4.69, 9.17) is 9.47 Å². The van der Waals surface area contributed by atoms with Gasteiger partial charge in [0, 0.05) is 0 Å². The van der Waals surface area contributed by atoms with E-state index in [1.807, 2.05) is 6.92 Å². The molecule has 0 radical (unpaired) electrons. The fraction of sp³-hybridized carbons (Fsp3) is 0.607. The van der Waals surface area contributed by atoms with E-state index in [0.717, 1.165) is 32.1 Å². The van der Waals surface area contributed by atoms with Crippen molar-refractivity contribution in [2.45, 2.75) is 77.6 Å². The summed E-state index contributed by atoms with van der Waals surface area (Å²) in [6, 6.07) is 15.3. The van der Waals surface area contributed by atoms with Crippen LogP contribution in [0.4, 0.5) is 0 Å². The van der Waals surface area contributed by atoms with Gasteiger partial charge in [-0.1, -0.05) is 50.2 Å². The summed E-state index contributed by atoms with van der Waals surface area (Å²) in [6.07, 6.45) is 5.89. The van der Waals surface area contributed by atoms with Crippen LogP contribution in [0.5, 0.6) is 0 Å². The third-order valence-corrected chi connectivity index (χ3v) is 8.42. The molecule has 4 aliphatic rings. The molecule has 2 aromatic rings. The number of fused-ring (bicyclic) bond motifs is 1. The van der Waals surface area contributed by atoms with Crippen LogP contribution in [0.25, 0.3) is 10.8 Å². The molecule has 0 heterocycles. The minimum absolute atomic E-state index is 0.00482. The maximum atomic E-state index is 12.4. The van der Waals surface area contributed by atoms with Gasteiger partial charge < -0.3 is 9.47 Å². The molecule has 4 aliphatic carbocycles. The summed E-state index contributed by atoms with van der Waals surface area (Å²) < 4.78 is 13.0. The van der Waals surface area contributed by atoms with Crippen molar-refractivity contribution in [2.75, 3.05) is 0 Å². The quantitative estimate of drug-likeness (QED) is 0.502. The van der Waals surface area contributed by atoms with Crippen molar-refractivity contribution in [1.82, 2.24) is 0 Å². The summed E-state index contributed by atoms with van der Waals surface area (Å²) in [5.41, 5.74) is 0.937. The van der Waals surface area contributed by atoms with Crippen LogP contribution in [0.3, 0.4) is 0 Å². The first-order valence-electron chi connectivity index (χ1n) is 12.2. The molecule has 1 atom stereocenters. The average molecular weight is 421 g/mol. The third-order valence-electron chi connectivity index (χ3n) is 8.42. The summed E-state index contributed by atoms with van der Waals surface area (Å²) in [4.78, 5) is 12.4. The minimum atomic E-state index is -0.313. The molecule has 3 nitrogen and oxygen atoms in total. The lowest BCUT2D eigenvalue weighted by Crippen LogP contribution is -2.57. The van der Waals surface area contributed by atoms with Gasteiger partial charge in [0.15, 0.2) is 0 Å². The Labute approximate surface area is 186 Å². The van der Waals surface area contributed by atoms with Gasteiger partial charge in [0.25, 0.3) is 0 Å². The van der Waals surface area contributed by atoms with E-state index in [9.17, 15) is 4.79 Å². The van der Waals surface area contributed by atoms with E-state index in [-0.39, 0.29) is 23.6 Å². The summed E-state index contributed by atoms with van der Waals surface area (Å²) >= 11 is 0. The lowest BCUT2D eigenvalue weighted by Gasteiger charge is -2.58. The molecule has 2 aromatic carbocycles. The Kier molecular flexibility index (Phi) is 5.37. The Morgan fingerprint density at radius 3 is 2.13 bits per heavy atom. The Morgan fingerprint density at radius 2 is 1.52 bits per heavy atom. The van der Waals surface area contributed by atoms with Gasteiger partial charge in [-0.25, -0.2) is 0 Å². The van der Waals surface area contributed by atoms with E-state index in [1.54, 1.807) is 0 Å². The Bertz CT molecular complexity index is 932. The Morgan fingerprint density at radius 1 is 0.935 bits per heavy atom. The van der Waals surface area contributed by atoms with Gasteiger partial charge >= 0.3 is 5.97 Å². The maximum absolute atomic E-state index is 12.4. The fourth-order valence-electron chi connectivity index (χ4n) is 6.56. The monoisotopic (exact) mass is 420 g/mol. The number of carbonyl (C=O) groups excluding carboxylic acids is 1. The van der Waals surface area contributed by atoms with Crippen molar-refractivity contribution >= 4 is 16.7 Å². The van der Waals surface area contributed by atoms with Gasteiger partial charge in [0.05, 0.1) is 17.6 Å². The molecule has 1 unspecified atom stereocenters. The van der Waals surface area contributed by atoms with Gasteiger partial charge in [-0.2, -0.15) is 0 Å². The highest BCUT2D eigenvalue weighted by molar-refractivity contribution is 5.83. The van der Waals surface area contributed by atoms with Crippen LogP contribution < -0.4 is 0 Å². The molecule has 0 N–H and O–H groups in total. The first-order valence-corrected chi connectivity index (χ1v) is 12.2. The molecular weight excluding hydrogens is 384 g/mol. The van der Waals surface area contributed by atoms with Crippen LogP contribution >= 0.6 is 0 Å². The first-order chi connectivity index (χ1) is 14.9. The zero-order valence-electron chi connectivity index (χ0n) is 19.3. The van der Waals surface area contributed by atoms with Gasteiger partial charge in [-0.15, -0.1) is 0 Å². The molecule has 0 saturated heterocycles. The van der Waals surface area contributed by atoms with E-state index in [1.165, 1.54) is 16.3 Å². The SMILES string of the molecule is CCC(C)C(=O)OC1C2CC3CC1CC(C2)C3OC(C)(C)c1ccc2ccccc2c1. The van der Waals surface area contributed by atoms with Gasteiger partial charge in [0.1, 0.15) is 6.10 Å². The van der Waals surface area contributed by atoms with Gasteiger partial charge in [-0.3, -0.25) is 4.79 Å². The summed E-state index contributed by atoms with van der Waals surface area (Å²) in [5.74, 6) is 2.26. The number of benzene rings is 2. The highest BCUT2D eigenvalue weighted by Crippen LogP contribution is 2.56. The zero-order chi connectivity index (χ0) is 21.8. The molecule has 4 fully saturated rings. The number of hydrogen-bond acceptors (Lipinski definition) is 3. The first kappa shape index (κ1) is 21.0. The van der Waals surface area contributed by atoms with E-state index >= 15 is 0 Å². The van der Waals surface area contributed by atoms with Crippen LogP contribution in [0.15, 0.2) is 42.5 Å². The van der Waals surface area contributed by atoms with Crippen molar-refractivity contribution in [1.29, 1.82) is 0 Å². The molecule has 166 valence electrons. The molecule has 4 bridgehead atoms. The molecular formula is C28H36O3. The van der Waals surface area contributed by atoms with E-state index < -0.39 is 0 Å². The van der Waals surface area contributed by atoms with Crippen molar-refractivity contribution in [3.05, 3.63) is 48.0 Å². The topological polar surface area (TPSA) is 35.5 Å². The largest absolute Gasteiger partial charge is 0.462 e. The van der Waals surface area contributed by atoms with Crippen molar-refractivity contribution < 1.29 is 14.3 Å². The van der Waals surface area contributed by atoms with Crippen LogP contribution in [0.1, 0.15) is 65.4 Å². The Hall–Kier alpha value is -1.87. The molecule has 4 saturated carbocycles. The molecule has 0 amide bonds. The lowest BCUT2D eigenvalue weighted by molar-refractivity contribution is -0.217. The van der Waals surface area contributed by atoms with Crippen LogP contribution in [-0.2, 0) is 19.9 Å². The van der Waals surface area contributed by atoms with Gasteiger partial charge in [-0.05, 0) is 92.0 Å². The van der Waals surface area contributed by atoms with Gasteiger partial charge in [0.2, 0.25) is 0 Å². The van der Waals surface area contributed by atoms with E-state index in [2.05, 4.69) is 63.2 Å². The third kappa shape index (κ3) is 3.80. The number of hydrogen-bond donors (Lipinski definition) is 0. The second kappa shape index (κ2) is 7.92. The number of ether oxygens (including phenoxy) is 2. The Balaban J connectivity index is 1.29. The van der Waals surface area contributed by atoms with Crippen LogP contribution in [0.2, 0.25) is 0 Å². The van der Waals surface area contributed by atoms with E-state index in [0.29, 0.717) is 29.8 Å². The number of rotatable bonds is 6. The average Bonchev–Trinajstić information content (AvgIpc) is 2.76. The standard InChI is InChI=1S/C28H36O3/c1-5-17(2)27(29)30-25-20-12-22-14-21(25)15-23(13-20)26(22)31-28(3,4)24-11-10-18-8-6-7-9-19(18)16-24/h6-11,16-17,20-23,25-26H,5,12-15H2,1-4H3. The van der Waals surface area contributed by atoms with Crippen molar-refractivity contribution in [3.8, 4) is 0 Å². The maximum Gasteiger partial charge on any atom is 0.308 e. The molecule has 0 aromatic heterocycles. The highest BCUT2D eigenvalue weighted by atomic mass is 16.5. The zero-order valence-corrected chi connectivity index (χ0v) is 19.3. The van der Waals surface area contributed by atoms with Crippen molar-refractivity contribution in [2.24, 2.45) is 29.6 Å². The lowest BCUT2D eigenvalue weighted by atomic mass is 9.53. The number of carbonyl (C=O) groups is 1. The summed E-state index contributed by atoms with van der Waals surface area (Å²) in [5, 5.41) is 2.54.